The lowest BCUT2D eigenvalue weighted by molar-refractivity contribution is 0.102. The molecule has 3 rings (SSSR count). The lowest BCUT2D eigenvalue weighted by Gasteiger charge is -2.22. The molecule has 2 N–H and O–H groups in total. The highest BCUT2D eigenvalue weighted by Crippen LogP contribution is 2.33. The Labute approximate surface area is 188 Å². The molecule has 3 aromatic rings. The van der Waals surface area contributed by atoms with Crippen LogP contribution in [0.15, 0.2) is 36.7 Å². The van der Waals surface area contributed by atoms with E-state index in [2.05, 4.69) is 79.5 Å². The van der Waals surface area contributed by atoms with Crippen LogP contribution in [0.2, 0.25) is 0 Å². The molecule has 0 aliphatic heterocycles. The Balaban J connectivity index is 1.82. The van der Waals surface area contributed by atoms with Crippen molar-refractivity contribution in [1.82, 2.24) is 15.2 Å². The predicted molar refractivity (Wildman–Crippen MR) is 128 cm³/mol. The van der Waals surface area contributed by atoms with E-state index < -0.39 is 0 Å². The van der Waals surface area contributed by atoms with E-state index in [-0.39, 0.29) is 17.7 Å². The summed E-state index contributed by atoms with van der Waals surface area (Å²) in [5.74, 6) is 0.757. The molecule has 31 heavy (non-hydrogen) atoms. The highest BCUT2D eigenvalue weighted by atomic mass is 32.1. The summed E-state index contributed by atoms with van der Waals surface area (Å²) in [4.78, 5) is 17.4. The quantitative estimate of drug-likeness (QED) is 0.441. The number of carbonyl (C=O) groups is 1. The summed E-state index contributed by atoms with van der Waals surface area (Å²) >= 11 is 1.33. The molecule has 2 heterocycles. The minimum Gasteiger partial charge on any atom is -0.356 e. The molecular formula is C24H31N5OS. The van der Waals surface area contributed by atoms with Crippen LogP contribution in [0.3, 0.4) is 0 Å². The highest BCUT2D eigenvalue weighted by Gasteiger charge is 2.23. The molecule has 0 saturated carbocycles. The molecule has 6 nitrogen and oxygen atoms in total. The third-order valence-electron chi connectivity index (χ3n) is 5.17. The van der Waals surface area contributed by atoms with Crippen LogP contribution >= 0.6 is 11.3 Å². The van der Waals surface area contributed by atoms with E-state index >= 15 is 0 Å². The maximum atomic E-state index is 13.3. The molecule has 0 fully saturated rings. The molecule has 0 atom stereocenters. The summed E-state index contributed by atoms with van der Waals surface area (Å²) in [6.07, 6.45) is 3.55. The van der Waals surface area contributed by atoms with Gasteiger partial charge in [-0.05, 0) is 46.1 Å². The summed E-state index contributed by atoms with van der Waals surface area (Å²) < 4.78 is 0. The number of amides is 1. The first-order chi connectivity index (χ1) is 14.8. The lowest BCUT2D eigenvalue weighted by atomic mass is 9.84. The number of pyridine rings is 1. The van der Waals surface area contributed by atoms with Gasteiger partial charge in [-0.2, -0.15) is 0 Å². The van der Waals surface area contributed by atoms with Crippen molar-refractivity contribution in [2.75, 3.05) is 10.6 Å². The van der Waals surface area contributed by atoms with Gasteiger partial charge in [0.15, 0.2) is 0 Å². The molecule has 0 unspecified atom stereocenters. The number of nitrogens with one attached hydrogen (secondary N) is 2. The van der Waals surface area contributed by atoms with Crippen molar-refractivity contribution >= 4 is 27.5 Å². The van der Waals surface area contributed by atoms with E-state index in [4.69, 9.17) is 0 Å². The molecule has 0 aliphatic rings. The van der Waals surface area contributed by atoms with Crippen LogP contribution in [0, 0.1) is 0 Å². The number of carbonyl (C=O) groups excluding carboxylic acids is 1. The number of aromatic nitrogens is 3. The van der Waals surface area contributed by atoms with Gasteiger partial charge < -0.3 is 5.32 Å². The van der Waals surface area contributed by atoms with Gasteiger partial charge in [0.25, 0.3) is 5.91 Å². The maximum absolute atomic E-state index is 13.3. The second kappa shape index (κ2) is 10.0. The zero-order valence-electron chi connectivity index (χ0n) is 19.1. The van der Waals surface area contributed by atoms with E-state index in [1.165, 1.54) is 16.9 Å². The maximum Gasteiger partial charge on any atom is 0.258 e. The van der Waals surface area contributed by atoms with Gasteiger partial charge in [0, 0.05) is 24.5 Å². The molecule has 0 aliphatic carbocycles. The van der Waals surface area contributed by atoms with Crippen molar-refractivity contribution in [1.29, 1.82) is 0 Å². The van der Waals surface area contributed by atoms with E-state index in [1.54, 1.807) is 12.4 Å². The molecule has 0 saturated heterocycles. The van der Waals surface area contributed by atoms with Crippen molar-refractivity contribution in [3.05, 3.63) is 64.5 Å². The van der Waals surface area contributed by atoms with Gasteiger partial charge in [-0.25, -0.2) is 0 Å². The van der Waals surface area contributed by atoms with Gasteiger partial charge in [-0.15, -0.1) is 10.2 Å². The Morgan fingerprint density at radius 2 is 1.61 bits per heavy atom. The summed E-state index contributed by atoms with van der Waals surface area (Å²) in [7, 11) is 0. The Bertz CT molecular complexity index is 998. The third-order valence-corrected chi connectivity index (χ3v) is 5.97. The second-order valence-corrected chi connectivity index (χ2v) is 9.60. The highest BCUT2D eigenvalue weighted by molar-refractivity contribution is 7.19. The first-order valence-corrected chi connectivity index (χ1v) is 11.5. The molecule has 1 amide bonds. The zero-order valence-corrected chi connectivity index (χ0v) is 19.9. The molecule has 2 aromatic heterocycles. The van der Waals surface area contributed by atoms with Crippen LogP contribution in [0.25, 0.3) is 0 Å². The summed E-state index contributed by atoms with van der Waals surface area (Å²) in [6, 6.07) is 8.24. The van der Waals surface area contributed by atoms with Gasteiger partial charge in [0.2, 0.25) is 10.3 Å². The van der Waals surface area contributed by atoms with Crippen molar-refractivity contribution in [2.45, 2.75) is 65.8 Å². The average Bonchev–Trinajstić information content (AvgIpc) is 3.19. The minimum absolute atomic E-state index is 0.127. The summed E-state index contributed by atoms with van der Waals surface area (Å²) in [5.41, 5.74) is 5.23. The van der Waals surface area contributed by atoms with Crippen molar-refractivity contribution in [2.24, 2.45) is 0 Å². The average molecular weight is 438 g/mol. The van der Waals surface area contributed by atoms with Crippen molar-refractivity contribution in [3.63, 3.8) is 0 Å². The topological polar surface area (TPSA) is 79.8 Å². The van der Waals surface area contributed by atoms with Crippen LogP contribution in [0.5, 0.6) is 0 Å². The minimum atomic E-state index is -0.127. The van der Waals surface area contributed by atoms with E-state index in [1.807, 2.05) is 12.1 Å². The van der Waals surface area contributed by atoms with Crippen LogP contribution in [-0.4, -0.2) is 21.1 Å². The van der Waals surface area contributed by atoms with Crippen LogP contribution in [0.4, 0.5) is 10.3 Å². The van der Waals surface area contributed by atoms with Gasteiger partial charge in [-0.1, -0.05) is 71.1 Å². The van der Waals surface area contributed by atoms with E-state index in [0.717, 1.165) is 22.3 Å². The van der Waals surface area contributed by atoms with Crippen LogP contribution in [0.1, 0.15) is 91.9 Å². The number of anilines is 2. The SMILES string of the molecule is CC(C)c1cc(C(C)C)c(C(=O)Nc2nnc(NCc3cccnc3)s2)c(C(C)C)c1. The number of benzene rings is 1. The standard InChI is InChI=1S/C24H31N5OS/c1-14(2)18-10-19(15(3)4)21(20(11-18)16(5)6)22(30)27-24-29-28-23(31-24)26-13-17-8-7-9-25-12-17/h7-12,14-16H,13H2,1-6H3,(H,26,28)(H,27,29,30). The number of hydrogen-bond donors (Lipinski definition) is 2. The first-order valence-electron chi connectivity index (χ1n) is 10.7. The first kappa shape index (κ1) is 22.9. The molecule has 164 valence electrons. The number of rotatable bonds is 8. The van der Waals surface area contributed by atoms with Crippen molar-refractivity contribution in [3.8, 4) is 0 Å². The molecular weight excluding hydrogens is 406 g/mol. The smallest absolute Gasteiger partial charge is 0.258 e. The fraction of sp³-hybridized carbons (Fsp3) is 0.417. The molecule has 0 bridgehead atoms. The van der Waals surface area contributed by atoms with Gasteiger partial charge in [-0.3, -0.25) is 15.1 Å². The normalized spacial score (nSPS) is 11.4. The Morgan fingerprint density at radius 1 is 0.968 bits per heavy atom. The fourth-order valence-electron chi connectivity index (χ4n) is 3.40. The Hall–Kier alpha value is -2.80. The zero-order chi connectivity index (χ0) is 22.5. The predicted octanol–water partition coefficient (Wildman–Crippen LogP) is 6.17. The molecule has 0 radical (unpaired) electrons. The largest absolute Gasteiger partial charge is 0.356 e. The van der Waals surface area contributed by atoms with Gasteiger partial charge in [0.1, 0.15) is 0 Å². The Kier molecular flexibility index (Phi) is 7.38. The summed E-state index contributed by atoms with van der Waals surface area (Å²) in [5, 5.41) is 15.6. The van der Waals surface area contributed by atoms with Gasteiger partial charge in [0.05, 0.1) is 0 Å². The van der Waals surface area contributed by atoms with E-state index in [0.29, 0.717) is 22.7 Å². The number of hydrogen-bond acceptors (Lipinski definition) is 6. The third kappa shape index (κ3) is 5.67. The van der Waals surface area contributed by atoms with Crippen LogP contribution < -0.4 is 10.6 Å². The molecule has 0 spiro atoms. The van der Waals surface area contributed by atoms with Crippen molar-refractivity contribution < 1.29 is 4.79 Å². The number of nitrogens with zero attached hydrogens (tertiary/aromatic N) is 3. The van der Waals surface area contributed by atoms with Crippen LogP contribution in [-0.2, 0) is 6.54 Å². The summed E-state index contributed by atoms with van der Waals surface area (Å²) in [6.45, 7) is 13.5. The second-order valence-electron chi connectivity index (χ2n) is 8.62. The lowest BCUT2D eigenvalue weighted by Crippen LogP contribution is -2.19. The molecule has 7 heteroatoms. The van der Waals surface area contributed by atoms with E-state index in [9.17, 15) is 4.79 Å². The Morgan fingerprint density at radius 3 is 2.16 bits per heavy atom. The molecule has 1 aromatic carbocycles. The fourth-order valence-corrected chi connectivity index (χ4v) is 4.04. The monoisotopic (exact) mass is 437 g/mol. The van der Waals surface area contributed by atoms with Gasteiger partial charge >= 0.3 is 0 Å².